The summed E-state index contributed by atoms with van der Waals surface area (Å²) in [6, 6.07) is 3.82. The molecule has 1 saturated carbocycles. The number of carbonyl (C=O) groups is 2. The smallest absolute Gasteiger partial charge is 0.323 e. The summed E-state index contributed by atoms with van der Waals surface area (Å²) in [4.78, 5) is 29.8. The first-order valence-corrected chi connectivity index (χ1v) is 9.60. The Morgan fingerprint density at radius 3 is 2.87 bits per heavy atom. The van der Waals surface area contributed by atoms with E-state index in [9.17, 15) is 9.59 Å². The lowest BCUT2D eigenvalue weighted by atomic mass is 9.73. The van der Waals surface area contributed by atoms with Crippen molar-refractivity contribution >= 4 is 39.2 Å². The Hall–Kier alpha value is -0.920. The zero-order valence-corrected chi connectivity index (χ0v) is 15.9. The van der Waals surface area contributed by atoms with Crippen LogP contribution in [-0.2, 0) is 11.3 Å². The van der Waals surface area contributed by atoms with Crippen molar-refractivity contribution in [2.75, 3.05) is 13.7 Å². The molecular weight excluding hydrogens is 378 g/mol. The van der Waals surface area contributed by atoms with Gasteiger partial charge in [-0.1, -0.05) is 19.8 Å². The molecule has 2 fully saturated rings. The van der Waals surface area contributed by atoms with E-state index in [2.05, 4.69) is 34.2 Å². The quantitative estimate of drug-likeness (QED) is 0.789. The molecule has 1 spiro atoms. The number of halogens is 1. The highest BCUT2D eigenvalue weighted by atomic mass is 79.9. The summed E-state index contributed by atoms with van der Waals surface area (Å²) < 4.78 is 1.09. The number of hydrogen-bond acceptors (Lipinski definition) is 4. The maximum Gasteiger partial charge on any atom is 0.326 e. The molecule has 1 aliphatic heterocycles. The summed E-state index contributed by atoms with van der Waals surface area (Å²) >= 11 is 5.12. The van der Waals surface area contributed by atoms with Crippen LogP contribution in [0.1, 0.15) is 37.5 Å². The zero-order valence-electron chi connectivity index (χ0n) is 13.5. The molecule has 0 bridgehead atoms. The SMILES string of the molecule is CC1CCCCC12NC(=O)N(CN(C)Cc1ccc(Br)s1)C2=O. The molecule has 0 aromatic carbocycles. The van der Waals surface area contributed by atoms with Crippen molar-refractivity contribution in [1.82, 2.24) is 15.1 Å². The summed E-state index contributed by atoms with van der Waals surface area (Å²) in [5, 5.41) is 3.00. The van der Waals surface area contributed by atoms with Crippen LogP contribution in [0.5, 0.6) is 0 Å². The van der Waals surface area contributed by atoms with E-state index in [-0.39, 0.29) is 17.9 Å². The number of nitrogens with one attached hydrogen (secondary N) is 1. The molecule has 23 heavy (non-hydrogen) atoms. The summed E-state index contributed by atoms with van der Waals surface area (Å²) in [6.07, 6.45) is 3.90. The predicted molar refractivity (Wildman–Crippen MR) is 94.1 cm³/mol. The summed E-state index contributed by atoms with van der Waals surface area (Å²) in [5.41, 5.74) is -0.665. The number of thiophene rings is 1. The van der Waals surface area contributed by atoms with Crippen LogP contribution in [0.25, 0.3) is 0 Å². The van der Waals surface area contributed by atoms with Crippen molar-refractivity contribution in [1.29, 1.82) is 0 Å². The predicted octanol–water partition coefficient (Wildman–Crippen LogP) is 3.40. The van der Waals surface area contributed by atoms with Gasteiger partial charge in [-0.05, 0) is 53.9 Å². The fourth-order valence-corrected chi connectivity index (χ4v) is 5.18. The van der Waals surface area contributed by atoms with Gasteiger partial charge in [0.05, 0.1) is 10.5 Å². The molecule has 2 atom stereocenters. The van der Waals surface area contributed by atoms with E-state index in [4.69, 9.17) is 0 Å². The third-order valence-electron chi connectivity index (χ3n) is 4.94. The number of carbonyl (C=O) groups excluding carboxylic acids is 2. The first kappa shape index (κ1) is 16.9. The largest absolute Gasteiger partial charge is 0.326 e. The maximum absolute atomic E-state index is 12.9. The molecule has 3 rings (SSSR count). The van der Waals surface area contributed by atoms with Crippen LogP contribution >= 0.6 is 27.3 Å². The summed E-state index contributed by atoms with van der Waals surface area (Å²) in [7, 11) is 1.93. The average Bonchev–Trinajstić information content (AvgIpc) is 3.00. The molecule has 1 aromatic heterocycles. The van der Waals surface area contributed by atoms with Crippen molar-refractivity contribution in [3.05, 3.63) is 20.8 Å². The van der Waals surface area contributed by atoms with Gasteiger partial charge in [-0.2, -0.15) is 0 Å². The van der Waals surface area contributed by atoms with Crippen LogP contribution in [0.4, 0.5) is 4.79 Å². The molecule has 1 aliphatic carbocycles. The highest BCUT2D eigenvalue weighted by Crippen LogP contribution is 2.38. The topological polar surface area (TPSA) is 52.7 Å². The second-order valence-corrected chi connectivity index (χ2v) is 9.19. The number of amides is 3. The van der Waals surface area contributed by atoms with E-state index in [0.717, 1.165) is 36.0 Å². The molecule has 126 valence electrons. The lowest BCUT2D eigenvalue weighted by Gasteiger charge is -2.37. The molecule has 2 aliphatic rings. The Balaban J connectivity index is 1.68. The molecule has 1 saturated heterocycles. The average molecular weight is 400 g/mol. The first-order chi connectivity index (χ1) is 10.9. The molecule has 3 amide bonds. The molecule has 2 unspecified atom stereocenters. The van der Waals surface area contributed by atoms with Crippen LogP contribution in [-0.4, -0.2) is 41.0 Å². The van der Waals surface area contributed by atoms with Gasteiger partial charge in [0.25, 0.3) is 5.91 Å². The summed E-state index contributed by atoms with van der Waals surface area (Å²) in [6.45, 7) is 3.12. The molecule has 0 radical (unpaired) electrons. The molecule has 5 nitrogen and oxygen atoms in total. The Morgan fingerprint density at radius 1 is 1.43 bits per heavy atom. The van der Waals surface area contributed by atoms with Crippen LogP contribution < -0.4 is 5.32 Å². The first-order valence-electron chi connectivity index (χ1n) is 7.99. The Bertz CT molecular complexity index is 620. The van der Waals surface area contributed by atoms with Crippen molar-refractivity contribution < 1.29 is 9.59 Å². The van der Waals surface area contributed by atoms with E-state index in [1.54, 1.807) is 11.3 Å². The second kappa shape index (κ2) is 6.53. The molecule has 7 heteroatoms. The minimum absolute atomic E-state index is 0.0473. The van der Waals surface area contributed by atoms with Crippen LogP contribution in [0.2, 0.25) is 0 Å². The Morgan fingerprint density at radius 2 is 2.22 bits per heavy atom. The highest BCUT2D eigenvalue weighted by Gasteiger charge is 2.54. The number of nitrogens with zero attached hydrogens (tertiary/aromatic N) is 2. The number of hydrogen-bond donors (Lipinski definition) is 1. The van der Waals surface area contributed by atoms with Crippen molar-refractivity contribution in [2.24, 2.45) is 5.92 Å². The number of rotatable bonds is 4. The molecular formula is C16H22BrN3O2S. The highest BCUT2D eigenvalue weighted by molar-refractivity contribution is 9.11. The van der Waals surface area contributed by atoms with Gasteiger partial charge in [0.2, 0.25) is 0 Å². The van der Waals surface area contributed by atoms with E-state index in [0.29, 0.717) is 6.67 Å². The van der Waals surface area contributed by atoms with Crippen LogP contribution in [0.15, 0.2) is 15.9 Å². The van der Waals surface area contributed by atoms with Gasteiger partial charge in [-0.3, -0.25) is 9.69 Å². The lowest BCUT2D eigenvalue weighted by molar-refractivity contribution is -0.135. The molecule has 1 aromatic rings. The van der Waals surface area contributed by atoms with E-state index < -0.39 is 5.54 Å². The number of imide groups is 1. The fourth-order valence-electron chi connectivity index (χ4n) is 3.62. The second-order valence-electron chi connectivity index (χ2n) is 6.64. The minimum atomic E-state index is -0.665. The van der Waals surface area contributed by atoms with Gasteiger partial charge in [0, 0.05) is 11.4 Å². The third-order valence-corrected chi connectivity index (χ3v) is 6.55. The van der Waals surface area contributed by atoms with Crippen LogP contribution in [0, 0.1) is 5.92 Å². The monoisotopic (exact) mass is 399 g/mol. The van der Waals surface area contributed by atoms with Gasteiger partial charge >= 0.3 is 6.03 Å². The van der Waals surface area contributed by atoms with Crippen molar-refractivity contribution in [3.63, 3.8) is 0 Å². The van der Waals surface area contributed by atoms with Gasteiger partial charge in [0.1, 0.15) is 5.54 Å². The van der Waals surface area contributed by atoms with Crippen LogP contribution in [0.3, 0.4) is 0 Å². The van der Waals surface area contributed by atoms with Gasteiger partial charge < -0.3 is 5.32 Å². The van der Waals surface area contributed by atoms with Crippen molar-refractivity contribution in [2.45, 2.75) is 44.7 Å². The molecule has 1 N–H and O–H groups in total. The zero-order chi connectivity index (χ0) is 16.6. The molecule has 2 heterocycles. The normalized spacial score (nSPS) is 28.0. The van der Waals surface area contributed by atoms with Gasteiger partial charge in [-0.15, -0.1) is 11.3 Å². The van der Waals surface area contributed by atoms with Gasteiger partial charge in [0.15, 0.2) is 0 Å². The van der Waals surface area contributed by atoms with Crippen molar-refractivity contribution in [3.8, 4) is 0 Å². The van der Waals surface area contributed by atoms with Gasteiger partial charge in [-0.25, -0.2) is 9.69 Å². The third kappa shape index (κ3) is 3.19. The standard InChI is InChI=1S/C16H22BrN3O2S/c1-11-5-3-4-8-16(11)14(21)20(15(22)18-16)10-19(2)9-12-6-7-13(17)23-12/h6-7,11H,3-5,8-10H2,1-2H3,(H,18,22). The Labute approximate surface area is 149 Å². The number of urea groups is 1. The summed E-state index contributed by atoms with van der Waals surface area (Å²) in [5.74, 6) is 0.158. The van der Waals surface area contributed by atoms with E-state index >= 15 is 0 Å². The minimum Gasteiger partial charge on any atom is -0.323 e. The Kier molecular flexibility index (Phi) is 4.80. The fraction of sp³-hybridized carbons (Fsp3) is 0.625. The maximum atomic E-state index is 12.9. The lowest BCUT2D eigenvalue weighted by Crippen LogP contribution is -2.54. The van der Waals surface area contributed by atoms with E-state index in [1.807, 2.05) is 18.0 Å². The van der Waals surface area contributed by atoms with E-state index in [1.165, 1.54) is 9.78 Å².